The highest BCUT2D eigenvalue weighted by Crippen LogP contribution is 2.22. The lowest BCUT2D eigenvalue weighted by Crippen LogP contribution is -2.51. The number of para-hydroxylation sites is 2. The first-order valence-corrected chi connectivity index (χ1v) is 7.71. The largest absolute Gasteiger partial charge is 0.495 e. The Labute approximate surface area is 148 Å². The summed E-state index contributed by atoms with van der Waals surface area (Å²) in [5.74, 6) is 0.665. The molecule has 0 spiro atoms. The first-order valence-electron chi connectivity index (χ1n) is 7.71. The maximum Gasteiger partial charge on any atom is 0.238 e. The summed E-state index contributed by atoms with van der Waals surface area (Å²) in [5, 5.41) is 5.73. The van der Waals surface area contributed by atoms with E-state index in [2.05, 4.69) is 10.6 Å². The third-order valence-electron chi connectivity index (χ3n) is 3.80. The molecule has 8 heteroatoms. The van der Waals surface area contributed by atoms with Gasteiger partial charge in [0.15, 0.2) is 0 Å². The Morgan fingerprint density at radius 3 is 2.46 bits per heavy atom. The molecule has 1 aromatic carbocycles. The molecule has 7 nitrogen and oxygen atoms in total. The van der Waals surface area contributed by atoms with Gasteiger partial charge in [0.25, 0.3) is 0 Å². The molecule has 1 saturated heterocycles. The van der Waals surface area contributed by atoms with E-state index < -0.39 is 0 Å². The maximum absolute atomic E-state index is 12.2. The van der Waals surface area contributed by atoms with E-state index in [0.717, 1.165) is 0 Å². The highest BCUT2D eigenvalue weighted by Gasteiger charge is 2.22. The first-order chi connectivity index (χ1) is 11.1. The molecule has 1 aliphatic rings. The number of hydrogen-bond donors (Lipinski definition) is 2. The quantitative estimate of drug-likeness (QED) is 0.772. The van der Waals surface area contributed by atoms with Crippen LogP contribution >= 0.6 is 12.4 Å². The van der Waals surface area contributed by atoms with Crippen LogP contribution in [0.3, 0.4) is 0 Å². The number of anilines is 1. The second-order valence-electron chi connectivity index (χ2n) is 5.44. The number of carbonyl (C=O) groups excluding carboxylic acids is 2. The van der Waals surface area contributed by atoms with Gasteiger partial charge < -0.3 is 20.3 Å². The predicted octanol–water partition coefficient (Wildman–Crippen LogP) is 0.419. The minimum atomic E-state index is -0.0792. The molecule has 0 aromatic heterocycles. The van der Waals surface area contributed by atoms with Gasteiger partial charge in [0.2, 0.25) is 11.8 Å². The average Bonchev–Trinajstić information content (AvgIpc) is 2.56. The third kappa shape index (κ3) is 5.67. The number of piperazine rings is 1. The van der Waals surface area contributed by atoms with Crippen LogP contribution in [0.4, 0.5) is 5.69 Å². The second kappa shape index (κ2) is 10.1. The van der Waals surface area contributed by atoms with Crippen LogP contribution in [0.15, 0.2) is 24.3 Å². The van der Waals surface area contributed by atoms with E-state index in [1.54, 1.807) is 14.2 Å². The standard InChI is InChI=1S/C16H24N4O3.ClH/c1-17-11-16(22)20-9-7-19(8-10-20)12-15(21)18-13-5-3-4-6-14(13)23-2;/h3-6,17H,7-12H2,1-2H3,(H,18,21);1H. The Hall–Kier alpha value is -1.83. The summed E-state index contributed by atoms with van der Waals surface area (Å²) in [4.78, 5) is 27.8. The summed E-state index contributed by atoms with van der Waals surface area (Å²) >= 11 is 0. The lowest BCUT2D eigenvalue weighted by Gasteiger charge is -2.34. The molecule has 1 aliphatic heterocycles. The molecule has 0 saturated carbocycles. The molecule has 2 rings (SSSR count). The normalized spacial score (nSPS) is 14.7. The fourth-order valence-corrected chi connectivity index (χ4v) is 2.56. The van der Waals surface area contributed by atoms with Gasteiger partial charge in [-0.05, 0) is 19.2 Å². The van der Waals surface area contributed by atoms with Crippen molar-refractivity contribution in [1.82, 2.24) is 15.1 Å². The summed E-state index contributed by atoms with van der Waals surface area (Å²) < 4.78 is 5.22. The number of nitrogens with zero attached hydrogens (tertiary/aromatic N) is 2. The molecule has 0 radical (unpaired) electrons. The van der Waals surface area contributed by atoms with E-state index >= 15 is 0 Å². The lowest BCUT2D eigenvalue weighted by molar-refractivity contribution is -0.132. The van der Waals surface area contributed by atoms with Crippen molar-refractivity contribution in [1.29, 1.82) is 0 Å². The SMILES string of the molecule is CNCC(=O)N1CCN(CC(=O)Nc2ccccc2OC)CC1.Cl. The van der Waals surface area contributed by atoms with Crippen LogP contribution in [0.2, 0.25) is 0 Å². The minimum Gasteiger partial charge on any atom is -0.495 e. The number of benzene rings is 1. The summed E-state index contributed by atoms with van der Waals surface area (Å²) in [5.41, 5.74) is 0.669. The topological polar surface area (TPSA) is 73.9 Å². The lowest BCUT2D eigenvalue weighted by atomic mass is 10.2. The number of methoxy groups -OCH3 is 1. The van der Waals surface area contributed by atoms with E-state index in [1.165, 1.54) is 0 Å². The Bertz CT molecular complexity index is 548. The van der Waals surface area contributed by atoms with Crippen molar-refractivity contribution in [3.63, 3.8) is 0 Å². The molecule has 24 heavy (non-hydrogen) atoms. The predicted molar refractivity (Wildman–Crippen MR) is 95.8 cm³/mol. The number of likely N-dealkylation sites (N-methyl/N-ethyl adjacent to an activating group) is 1. The van der Waals surface area contributed by atoms with Crippen LogP contribution in [0, 0.1) is 0 Å². The molecule has 0 bridgehead atoms. The van der Waals surface area contributed by atoms with Gasteiger partial charge in [-0.25, -0.2) is 0 Å². The Balaban J connectivity index is 0.00000288. The van der Waals surface area contributed by atoms with Gasteiger partial charge >= 0.3 is 0 Å². The van der Waals surface area contributed by atoms with Gasteiger partial charge in [-0.1, -0.05) is 12.1 Å². The zero-order valence-electron chi connectivity index (χ0n) is 14.1. The van der Waals surface area contributed by atoms with Gasteiger partial charge in [0.1, 0.15) is 5.75 Å². The van der Waals surface area contributed by atoms with Crippen molar-refractivity contribution in [2.24, 2.45) is 0 Å². The van der Waals surface area contributed by atoms with E-state index in [9.17, 15) is 9.59 Å². The molecule has 0 aliphatic carbocycles. The molecule has 0 unspecified atom stereocenters. The van der Waals surface area contributed by atoms with Crippen molar-refractivity contribution in [3.8, 4) is 5.75 Å². The van der Waals surface area contributed by atoms with Crippen LogP contribution in [0.25, 0.3) is 0 Å². The number of halogens is 1. The van der Waals surface area contributed by atoms with Crippen molar-refractivity contribution >= 4 is 29.9 Å². The van der Waals surface area contributed by atoms with Crippen LogP contribution < -0.4 is 15.4 Å². The number of ether oxygens (including phenoxy) is 1. The molecule has 0 atom stereocenters. The van der Waals surface area contributed by atoms with Gasteiger partial charge in [-0.3, -0.25) is 14.5 Å². The summed E-state index contributed by atoms with van der Waals surface area (Å²) in [7, 11) is 3.34. The van der Waals surface area contributed by atoms with Crippen LogP contribution in [-0.2, 0) is 9.59 Å². The molecule has 1 fully saturated rings. The van der Waals surface area contributed by atoms with Gasteiger partial charge in [-0.15, -0.1) is 12.4 Å². The highest BCUT2D eigenvalue weighted by atomic mass is 35.5. The van der Waals surface area contributed by atoms with Crippen molar-refractivity contribution in [3.05, 3.63) is 24.3 Å². The molecular weight excluding hydrogens is 332 g/mol. The van der Waals surface area contributed by atoms with Crippen molar-refractivity contribution < 1.29 is 14.3 Å². The summed E-state index contributed by atoms with van der Waals surface area (Å²) in [6.45, 7) is 3.38. The molecule has 2 amide bonds. The fourth-order valence-electron chi connectivity index (χ4n) is 2.56. The number of amides is 2. The Morgan fingerprint density at radius 2 is 1.83 bits per heavy atom. The minimum absolute atomic E-state index is 0. The zero-order chi connectivity index (χ0) is 16.7. The monoisotopic (exact) mass is 356 g/mol. The summed E-state index contributed by atoms with van der Waals surface area (Å²) in [6, 6.07) is 7.33. The van der Waals surface area contributed by atoms with E-state index in [1.807, 2.05) is 34.1 Å². The van der Waals surface area contributed by atoms with E-state index in [0.29, 0.717) is 50.7 Å². The number of rotatable bonds is 6. The van der Waals surface area contributed by atoms with Crippen LogP contribution in [0.5, 0.6) is 5.75 Å². The second-order valence-corrected chi connectivity index (χ2v) is 5.44. The summed E-state index contributed by atoms with van der Waals surface area (Å²) in [6.07, 6.45) is 0. The smallest absolute Gasteiger partial charge is 0.238 e. The average molecular weight is 357 g/mol. The third-order valence-corrected chi connectivity index (χ3v) is 3.80. The molecule has 134 valence electrons. The van der Waals surface area contributed by atoms with Gasteiger partial charge in [0, 0.05) is 26.2 Å². The molecule has 1 heterocycles. The van der Waals surface area contributed by atoms with Crippen molar-refractivity contribution in [2.45, 2.75) is 0 Å². The van der Waals surface area contributed by atoms with E-state index in [4.69, 9.17) is 4.74 Å². The first kappa shape index (κ1) is 20.2. The van der Waals surface area contributed by atoms with Crippen molar-refractivity contribution in [2.75, 3.05) is 58.7 Å². The molecule has 2 N–H and O–H groups in total. The highest BCUT2D eigenvalue weighted by molar-refractivity contribution is 5.93. The molecule has 1 aromatic rings. The van der Waals surface area contributed by atoms with Crippen LogP contribution in [-0.4, -0.2) is 75.0 Å². The molecular formula is C16H25ClN4O3. The fraction of sp³-hybridized carbons (Fsp3) is 0.500. The Morgan fingerprint density at radius 1 is 1.17 bits per heavy atom. The van der Waals surface area contributed by atoms with Gasteiger partial charge in [0.05, 0.1) is 25.9 Å². The number of hydrogen-bond acceptors (Lipinski definition) is 5. The van der Waals surface area contributed by atoms with Crippen LogP contribution in [0.1, 0.15) is 0 Å². The Kier molecular flexibility index (Phi) is 8.53. The number of carbonyl (C=O) groups is 2. The number of nitrogens with one attached hydrogen (secondary N) is 2. The van der Waals surface area contributed by atoms with Gasteiger partial charge in [-0.2, -0.15) is 0 Å². The zero-order valence-corrected chi connectivity index (χ0v) is 14.9. The van der Waals surface area contributed by atoms with E-state index in [-0.39, 0.29) is 24.2 Å². The maximum atomic E-state index is 12.2.